The fourth-order valence-corrected chi connectivity index (χ4v) is 5.52. The minimum Gasteiger partial charge on any atom is -0.494 e. The molecule has 0 aliphatic heterocycles. The van der Waals surface area contributed by atoms with Crippen molar-refractivity contribution in [1.82, 2.24) is 15.3 Å². The van der Waals surface area contributed by atoms with E-state index in [0.717, 1.165) is 40.6 Å². The third-order valence-corrected chi connectivity index (χ3v) is 7.72. The molecule has 6 nitrogen and oxygen atoms in total. The Kier molecular flexibility index (Phi) is 8.22. The maximum atomic E-state index is 13.3. The quantitative estimate of drug-likeness (QED) is 0.176. The summed E-state index contributed by atoms with van der Waals surface area (Å²) in [5.41, 5.74) is 6.60. The third kappa shape index (κ3) is 5.48. The van der Waals surface area contributed by atoms with Crippen LogP contribution in [0.3, 0.4) is 0 Å². The lowest BCUT2D eigenvalue weighted by molar-refractivity contribution is 0.0935. The highest BCUT2D eigenvalue weighted by atomic mass is 35.5. The van der Waals surface area contributed by atoms with Gasteiger partial charge in [-0.2, -0.15) is 0 Å². The molecule has 4 aromatic carbocycles. The number of ketones is 1. The van der Waals surface area contributed by atoms with Gasteiger partial charge in [0.2, 0.25) is 0 Å². The van der Waals surface area contributed by atoms with E-state index in [1.807, 2.05) is 61.5 Å². The molecule has 208 valence electrons. The second-order valence-electron chi connectivity index (χ2n) is 9.91. The highest BCUT2D eigenvalue weighted by Gasteiger charge is 2.22. The summed E-state index contributed by atoms with van der Waals surface area (Å²) in [6.07, 6.45) is 1.55. The van der Waals surface area contributed by atoms with Gasteiger partial charge in [0, 0.05) is 27.3 Å². The van der Waals surface area contributed by atoms with Crippen molar-refractivity contribution in [3.8, 4) is 28.3 Å². The van der Waals surface area contributed by atoms with Gasteiger partial charge in [-0.05, 0) is 60.7 Å². The molecule has 1 amide bonds. The number of aromatic amines is 1. The van der Waals surface area contributed by atoms with Crippen molar-refractivity contribution in [3.05, 3.63) is 106 Å². The smallest absolute Gasteiger partial charge is 0.251 e. The minimum absolute atomic E-state index is 0.141. The van der Waals surface area contributed by atoms with Gasteiger partial charge in [-0.15, -0.1) is 0 Å². The molecule has 1 heterocycles. The van der Waals surface area contributed by atoms with Gasteiger partial charge in [-0.25, -0.2) is 4.98 Å². The van der Waals surface area contributed by atoms with E-state index >= 15 is 0 Å². The number of methoxy groups -OCH3 is 1. The van der Waals surface area contributed by atoms with Gasteiger partial charge in [-0.3, -0.25) is 9.59 Å². The first-order valence-electron chi connectivity index (χ1n) is 13.7. The van der Waals surface area contributed by atoms with Gasteiger partial charge in [0.05, 0.1) is 18.7 Å². The molecule has 2 N–H and O–H groups in total. The van der Waals surface area contributed by atoms with Crippen LogP contribution in [0.4, 0.5) is 0 Å². The molecule has 7 heteroatoms. The van der Waals surface area contributed by atoms with Crippen LogP contribution in [0.15, 0.2) is 78.9 Å². The Hall–Kier alpha value is -4.42. The molecule has 5 aromatic rings. The minimum atomic E-state index is -0.245. The number of ether oxygens (including phenoxy) is 1. The van der Waals surface area contributed by atoms with Crippen LogP contribution in [0, 0.1) is 0 Å². The maximum absolute atomic E-state index is 13.3. The highest BCUT2D eigenvalue weighted by molar-refractivity contribution is 6.34. The van der Waals surface area contributed by atoms with Crippen LogP contribution in [-0.4, -0.2) is 28.8 Å². The van der Waals surface area contributed by atoms with E-state index in [4.69, 9.17) is 21.3 Å². The van der Waals surface area contributed by atoms with E-state index in [1.54, 1.807) is 31.4 Å². The number of nitrogens with zero attached hydrogens (tertiary/aromatic N) is 1. The summed E-state index contributed by atoms with van der Waals surface area (Å²) in [6.45, 7) is 5.60. The zero-order chi connectivity index (χ0) is 29.1. The molecule has 0 aliphatic rings. The van der Waals surface area contributed by atoms with E-state index in [-0.39, 0.29) is 17.7 Å². The fraction of sp³-hybridized carbons (Fsp3) is 0.206. The summed E-state index contributed by atoms with van der Waals surface area (Å²) in [5.74, 6) is 0.891. The van der Waals surface area contributed by atoms with Gasteiger partial charge in [0.15, 0.2) is 5.78 Å². The number of Topliss-reactive ketones (excluding diaryl/α,β-unsaturated/α-hetero) is 1. The summed E-state index contributed by atoms with van der Waals surface area (Å²) in [4.78, 5) is 34.6. The maximum Gasteiger partial charge on any atom is 0.251 e. The predicted octanol–water partition coefficient (Wildman–Crippen LogP) is 8.21. The largest absolute Gasteiger partial charge is 0.494 e. The molecule has 0 unspecified atom stereocenters. The fourth-order valence-electron chi connectivity index (χ4n) is 5.24. The number of aromatic nitrogens is 2. The van der Waals surface area contributed by atoms with E-state index in [0.29, 0.717) is 38.9 Å². The molecular formula is C34H32ClN3O3. The van der Waals surface area contributed by atoms with Crippen molar-refractivity contribution in [3.63, 3.8) is 0 Å². The van der Waals surface area contributed by atoms with Gasteiger partial charge >= 0.3 is 0 Å². The number of fused-ring (bicyclic) bond motifs is 1. The first-order valence-corrected chi connectivity index (χ1v) is 14.1. The van der Waals surface area contributed by atoms with Crippen LogP contribution in [0.2, 0.25) is 5.02 Å². The van der Waals surface area contributed by atoms with E-state index in [1.165, 1.54) is 6.92 Å². The van der Waals surface area contributed by atoms with Crippen LogP contribution in [0.1, 0.15) is 65.1 Å². The molecule has 0 fully saturated rings. The average Bonchev–Trinajstić information content (AvgIpc) is 3.45. The topological polar surface area (TPSA) is 84.1 Å². The lowest BCUT2D eigenvalue weighted by Gasteiger charge is -2.19. The number of carbonyl (C=O) groups is 2. The normalized spacial score (nSPS) is 11.8. The van der Waals surface area contributed by atoms with Crippen LogP contribution in [-0.2, 0) is 6.42 Å². The Labute approximate surface area is 244 Å². The zero-order valence-electron chi connectivity index (χ0n) is 23.5. The van der Waals surface area contributed by atoms with E-state index in [9.17, 15) is 9.59 Å². The molecule has 41 heavy (non-hydrogen) atoms. The third-order valence-electron chi connectivity index (χ3n) is 7.41. The van der Waals surface area contributed by atoms with Crippen molar-refractivity contribution in [2.24, 2.45) is 0 Å². The monoisotopic (exact) mass is 565 g/mol. The number of benzene rings is 4. The Morgan fingerprint density at radius 3 is 2.44 bits per heavy atom. The van der Waals surface area contributed by atoms with Gasteiger partial charge in [-0.1, -0.05) is 80.0 Å². The molecule has 0 saturated carbocycles. The number of H-pyrrole nitrogens is 1. The lowest BCUT2D eigenvalue weighted by atomic mass is 9.91. The zero-order valence-corrected chi connectivity index (χ0v) is 24.3. The summed E-state index contributed by atoms with van der Waals surface area (Å²) in [5, 5.41) is 3.58. The standard InChI is InChI=1S/C34H32ClN3O3/c1-5-21-16-18-29(41-4)32-31(21)37-33(38-32)25-13-10-14-27(35)30(25)24-17-15-23(19-26(24)20(3)39)34(40)36-28(6-2)22-11-8-7-9-12-22/h7-19,28H,5-6H2,1-4H3,(H,36,40)(H,37,38)/t28-/m1/s1. The van der Waals surface area contributed by atoms with Crippen molar-refractivity contribution in [2.75, 3.05) is 7.11 Å². The van der Waals surface area contributed by atoms with E-state index in [2.05, 4.69) is 17.2 Å². The van der Waals surface area contributed by atoms with Gasteiger partial charge < -0.3 is 15.0 Å². The number of aryl methyl sites for hydroxylation is 1. The van der Waals surface area contributed by atoms with Gasteiger partial charge in [0.1, 0.15) is 17.1 Å². The van der Waals surface area contributed by atoms with Crippen LogP contribution >= 0.6 is 11.6 Å². The Balaban J connectivity index is 1.59. The SMILES string of the molecule is CCc1ccc(OC)c2[nH]c(-c3cccc(Cl)c3-c3ccc(C(=O)N[C@H](CC)c4ccccc4)cc3C(C)=O)nc12. The van der Waals surface area contributed by atoms with Crippen LogP contribution in [0.25, 0.3) is 33.5 Å². The first-order chi connectivity index (χ1) is 19.9. The molecule has 1 aromatic heterocycles. The number of amides is 1. The number of hydrogen-bond acceptors (Lipinski definition) is 4. The summed E-state index contributed by atoms with van der Waals surface area (Å²) < 4.78 is 5.58. The average molecular weight is 566 g/mol. The number of nitrogens with one attached hydrogen (secondary N) is 2. The molecule has 0 saturated heterocycles. The van der Waals surface area contributed by atoms with Crippen molar-refractivity contribution < 1.29 is 14.3 Å². The Morgan fingerprint density at radius 2 is 1.76 bits per heavy atom. The second kappa shape index (κ2) is 12.0. The number of imidazole rings is 1. The highest BCUT2D eigenvalue weighted by Crippen LogP contribution is 2.40. The van der Waals surface area contributed by atoms with E-state index < -0.39 is 0 Å². The summed E-state index contributed by atoms with van der Waals surface area (Å²) in [7, 11) is 1.63. The predicted molar refractivity (Wildman–Crippen MR) is 165 cm³/mol. The first kappa shape index (κ1) is 28.1. The summed E-state index contributed by atoms with van der Waals surface area (Å²) in [6, 6.07) is 24.4. The van der Waals surface area contributed by atoms with Crippen molar-refractivity contribution in [2.45, 2.75) is 39.7 Å². The molecule has 0 radical (unpaired) electrons. The molecular weight excluding hydrogens is 534 g/mol. The number of carbonyl (C=O) groups excluding carboxylic acids is 2. The van der Waals surface area contributed by atoms with Crippen molar-refractivity contribution >= 4 is 34.3 Å². The molecule has 0 bridgehead atoms. The van der Waals surface area contributed by atoms with Crippen LogP contribution < -0.4 is 10.1 Å². The summed E-state index contributed by atoms with van der Waals surface area (Å²) >= 11 is 6.81. The molecule has 0 spiro atoms. The Bertz CT molecular complexity index is 1700. The number of hydrogen-bond donors (Lipinski definition) is 2. The van der Waals surface area contributed by atoms with Crippen molar-refractivity contribution in [1.29, 1.82) is 0 Å². The molecule has 5 rings (SSSR count). The second-order valence-corrected chi connectivity index (χ2v) is 10.3. The number of rotatable bonds is 9. The molecule has 1 atom stereocenters. The lowest BCUT2D eigenvalue weighted by Crippen LogP contribution is -2.28. The number of halogens is 1. The van der Waals surface area contributed by atoms with Gasteiger partial charge in [0.25, 0.3) is 5.91 Å². The molecule has 0 aliphatic carbocycles. The Morgan fingerprint density at radius 1 is 0.976 bits per heavy atom. The van der Waals surface area contributed by atoms with Crippen LogP contribution in [0.5, 0.6) is 5.75 Å².